The van der Waals surface area contributed by atoms with Gasteiger partial charge in [0.15, 0.2) is 0 Å². The molecular formula is C19H25NO. The highest BCUT2D eigenvalue weighted by Crippen LogP contribution is 2.28. The molecule has 0 heterocycles. The third-order valence-electron chi connectivity index (χ3n) is 3.95. The van der Waals surface area contributed by atoms with Gasteiger partial charge in [-0.25, -0.2) is 0 Å². The van der Waals surface area contributed by atoms with Crippen molar-refractivity contribution in [2.75, 3.05) is 6.54 Å². The predicted octanol–water partition coefficient (Wildman–Crippen LogP) is 4.34. The first-order chi connectivity index (χ1) is 10.2. The highest BCUT2D eigenvalue weighted by molar-refractivity contribution is 5.86. The summed E-state index contributed by atoms with van der Waals surface area (Å²) in [5.41, 5.74) is 0.704. The van der Waals surface area contributed by atoms with Gasteiger partial charge >= 0.3 is 0 Å². The molecule has 0 atom stereocenters. The van der Waals surface area contributed by atoms with Crippen molar-refractivity contribution in [3.63, 3.8) is 0 Å². The second kappa shape index (κ2) is 7.26. The molecule has 2 nitrogen and oxygen atoms in total. The minimum atomic E-state index is -0.485. The van der Waals surface area contributed by atoms with E-state index >= 15 is 0 Å². The van der Waals surface area contributed by atoms with Crippen LogP contribution in [-0.2, 0) is 11.3 Å². The van der Waals surface area contributed by atoms with E-state index in [-0.39, 0.29) is 5.91 Å². The number of hydrogen-bond acceptors (Lipinski definition) is 1. The summed E-state index contributed by atoms with van der Waals surface area (Å²) in [6.07, 6.45) is 11.3. The number of carbonyl (C=O) groups excluding carboxylic acids is 1. The molecule has 0 saturated heterocycles. The van der Waals surface area contributed by atoms with Crippen molar-refractivity contribution in [3.05, 3.63) is 60.2 Å². The van der Waals surface area contributed by atoms with Crippen LogP contribution in [0.25, 0.3) is 0 Å². The summed E-state index contributed by atoms with van der Waals surface area (Å²) in [6, 6.07) is 10.2. The van der Waals surface area contributed by atoms with Crippen molar-refractivity contribution in [2.24, 2.45) is 5.41 Å². The van der Waals surface area contributed by atoms with Crippen LogP contribution in [0.15, 0.2) is 54.6 Å². The first kappa shape index (κ1) is 15.6. The number of benzene rings is 1. The average Bonchev–Trinajstić information content (AvgIpc) is 2.52. The largest absolute Gasteiger partial charge is 0.337 e. The first-order valence-corrected chi connectivity index (χ1v) is 7.84. The summed E-state index contributed by atoms with van der Waals surface area (Å²) < 4.78 is 0. The molecular weight excluding hydrogens is 258 g/mol. The number of hydrogen-bond donors (Lipinski definition) is 0. The Labute approximate surface area is 128 Å². The molecule has 1 aliphatic carbocycles. The van der Waals surface area contributed by atoms with Crippen molar-refractivity contribution in [1.82, 2.24) is 4.90 Å². The number of allylic oxidation sites excluding steroid dienone is 2. The zero-order chi connectivity index (χ0) is 15.1. The summed E-state index contributed by atoms with van der Waals surface area (Å²) in [5.74, 6) is 0.201. The number of carbonyl (C=O) groups is 1. The van der Waals surface area contributed by atoms with E-state index in [0.29, 0.717) is 6.54 Å². The molecule has 1 amide bonds. The van der Waals surface area contributed by atoms with E-state index in [1.54, 1.807) is 0 Å². The number of nitrogens with zero attached hydrogens (tertiary/aromatic N) is 1. The maximum absolute atomic E-state index is 13.0. The Hall–Kier alpha value is -1.83. The molecule has 0 aromatic heterocycles. The van der Waals surface area contributed by atoms with Crippen molar-refractivity contribution in [2.45, 2.75) is 39.7 Å². The van der Waals surface area contributed by atoms with Crippen LogP contribution >= 0.6 is 0 Å². The van der Waals surface area contributed by atoms with E-state index in [4.69, 9.17) is 0 Å². The van der Waals surface area contributed by atoms with Gasteiger partial charge in [0.2, 0.25) is 5.91 Å². The van der Waals surface area contributed by atoms with Gasteiger partial charge in [-0.3, -0.25) is 4.79 Å². The number of rotatable bonds is 6. The Kier molecular flexibility index (Phi) is 5.38. The van der Waals surface area contributed by atoms with Crippen LogP contribution in [0, 0.1) is 5.41 Å². The van der Waals surface area contributed by atoms with Crippen molar-refractivity contribution in [1.29, 1.82) is 0 Å². The molecule has 2 rings (SSSR count). The quantitative estimate of drug-likeness (QED) is 0.711. The fraction of sp³-hybridized carbons (Fsp3) is 0.421. The molecule has 0 bridgehead atoms. The lowest BCUT2D eigenvalue weighted by Crippen LogP contribution is -2.41. The highest BCUT2D eigenvalue weighted by Gasteiger charge is 2.32. The normalized spacial score (nSPS) is 15.9. The van der Waals surface area contributed by atoms with Crippen LogP contribution in [0.1, 0.15) is 38.7 Å². The number of amides is 1. The summed E-state index contributed by atoms with van der Waals surface area (Å²) in [7, 11) is 0. The monoisotopic (exact) mass is 283 g/mol. The minimum Gasteiger partial charge on any atom is -0.337 e. The van der Waals surface area contributed by atoms with E-state index in [9.17, 15) is 4.79 Å². The fourth-order valence-corrected chi connectivity index (χ4v) is 2.65. The van der Waals surface area contributed by atoms with E-state index in [0.717, 1.165) is 25.8 Å². The van der Waals surface area contributed by atoms with Crippen LogP contribution < -0.4 is 0 Å². The standard InChI is InChI=1S/C19H25NO/c1-3-4-15-20(16-17-11-7-5-8-12-17)18(21)19(2)13-9-6-10-14-19/h5,7-14H,3-4,6,15-16H2,1-2H3. The maximum Gasteiger partial charge on any atom is 0.236 e. The fourth-order valence-electron chi connectivity index (χ4n) is 2.65. The van der Waals surface area contributed by atoms with Gasteiger partial charge in [-0.05, 0) is 25.3 Å². The van der Waals surface area contributed by atoms with Gasteiger partial charge in [0.1, 0.15) is 0 Å². The third kappa shape index (κ3) is 4.07. The van der Waals surface area contributed by atoms with Crippen LogP contribution in [0.5, 0.6) is 0 Å². The topological polar surface area (TPSA) is 20.3 Å². The van der Waals surface area contributed by atoms with Crippen LogP contribution in [-0.4, -0.2) is 17.4 Å². The summed E-state index contributed by atoms with van der Waals surface area (Å²) in [4.78, 5) is 15.0. The van der Waals surface area contributed by atoms with Crippen LogP contribution in [0.3, 0.4) is 0 Å². The second-order valence-corrected chi connectivity index (χ2v) is 5.89. The molecule has 1 aromatic rings. The van der Waals surface area contributed by atoms with Gasteiger partial charge in [-0.1, -0.05) is 68.0 Å². The second-order valence-electron chi connectivity index (χ2n) is 5.89. The molecule has 1 aliphatic rings. The molecule has 0 N–H and O–H groups in total. The summed E-state index contributed by atoms with van der Waals surface area (Å²) in [6.45, 7) is 5.68. The Morgan fingerprint density at radius 3 is 2.48 bits per heavy atom. The molecule has 0 aliphatic heterocycles. The van der Waals surface area contributed by atoms with Gasteiger partial charge < -0.3 is 4.90 Å². The third-order valence-corrected chi connectivity index (χ3v) is 3.95. The lowest BCUT2D eigenvalue weighted by molar-refractivity contribution is -0.137. The van der Waals surface area contributed by atoms with E-state index in [2.05, 4.69) is 31.2 Å². The Bertz CT molecular complexity index is 504. The summed E-state index contributed by atoms with van der Waals surface area (Å²) in [5, 5.41) is 0. The SMILES string of the molecule is CCCCN(Cc1ccccc1)C(=O)C1(C)C=CCC=C1. The minimum absolute atomic E-state index is 0.201. The molecule has 0 fully saturated rings. The van der Waals surface area contributed by atoms with Crippen molar-refractivity contribution < 1.29 is 4.79 Å². The molecule has 0 saturated carbocycles. The van der Waals surface area contributed by atoms with Crippen molar-refractivity contribution >= 4 is 5.91 Å². The Morgan fingerprint density at radius 1 is 1.19 bits per heavy atom. The Balaban J connectivity index is 2.15. The van der Waals surface area contributed by atoms with Gasteiger partial charge in [0, 0.05) is 13.1 Å². The first-order valence-electron chi connectivity index (χ1n) is 7.84. The van der Waals surface area contributed by atoms with Gasteiger partial charge in [-0.2, -0.15) is 0 Å². The molecule has 21 heavy (non-hydrogen) atoms. The molecule has 0 spiro atoms. The molecule has 0 radical (unpaired) electrons. The van der Waals surface area contributed by atoms with E-state index in [1.165, 1.54) is 5.56 Å². The van der Waals surface area contributed by atoms with E-state index in [1.807, 2.05) is 42.2 Å². The van der Waals surface area contributed by atoms with Crippen LogP contribution in [0.2, 0.25) is 0 Å². The van der Waals surface area contributed by atoms with Crippen LogP contribution in [0.4, 0.5) is 0 Å². The van der Waals surface area contributed by atoms with E-state index < -0.39 is 5.41 Å². The maximum atomic E-state index is 13.0. The molecule has 2 heteroatoms. The molecule has 1 aromatic carbocycles. The average molecular weight is 283 g/mol. The van der Waals surface area contributed by atoms with Gasteiger partial charge in [0.05, 0.1) is 5.41 Å². The van der Waals surface area contributed by atoms with Gasteiger partial charge in [-0.15, -0.1) is 0 Å². The summed E-state index contributed by atoms with van der Waals surface area (Å²) >= 11 is 0. The molecule has 112 valence electrons. The highest BCUT2D eigenvalue weighted by atomic mass is 16.2. The molecule has 0 unspecified atom stereocenters. The zero-order valence-corrected chi connectivity index (χ0v) is 13.1. The lowest BCUT2D eigenvalue weighted by Gasteiger charge is -2.32. The zero-order valence-electron chi connectivity index (χ0n) is 13.1. The van der Waals surface area contributed by atoms with Gasteiger partial charge in [0.25, 0.3) is 0 Å². The smallest absolute Gasteiger partial charge is 0.236 e. The Morgan fingerprint density at radius 2 is 1.86 bits per heavy atom. The lowest BCUT2D eigenvalue weighted by atomic mass is 9.84. The predicted molar refractivity (Wildman–Crippen MR) is 87.8 cm³/mol. The number of unbranched alkanes of at least 4 members (excludes halogenated alkanes) is 1. The van der Waals surface area contributed by atoms with Crippen molar-refractivity contribution in [3.8, 4) is 0 Å².